The maximum Gasteiger partial charge on any atom is 0.134 e. The van der Waals surface area contributed by atoms with E-state index in [1.165, 1.54) is 24.3 Å². The summed E-state index contributed by atoms with van der Waals surface area (Å²) in [5.74, 6) is 3.31. The second-order valence-corrected chi connectivity index (χ2v) is 8.27. The Kier molecular flexibility index (Phi) is 5.67. The van der Waals surface area contributed by atoms with E-state index in [9.17, 15) is 5.11 Å². The summed E-state index contributed by atoms with van der Waals surface area (Å²) in [6.45, 7) is 14.6. The van der Waals surface area contributed by atoms with Crippen molar-refractivity contribution in [2.75, 3.05) is 6.54 Å². The summed E-state index contributed by atoms with van der Waals surface area (Å²) in [6, 6.07) is 6.67. The number of fused-ring (bicyclic) bond motifs is 6. The number of rotatable bonds is 2. The zero-order valence-corrected chi connectivity index (χ0v) is 17.2. The number of phenols is 1. The van der Waals surface area contributed by atoms with Crippen LogP contribution < -0.4 is 0 Å². The first kappa shape index (κ1) is 19.3. The molecule has 3 heteroatoms. The lowest BCUT2D eigenvalue weighted by molar-refractivity contribution is 0.0260. The monoisotopic (exact) mass is 357 g/mol. The Balaban J connectivity index is 0.000000948. The van der Waals surface area contributed by atoms with E-state index in [0.717, 1.165) is 23.8 Å². The minimum absolute atomic E-state index is 0.334. The van der Waals surface area contributed by atoms with Gasteiger partial charge < -0.3 is 9.52 Å². The Morgan fingerprint density at radius 2 is 2.00 bits per heavy atom. The highest BCUT2D eigenvalue weighted by Crippen LogP contribution is 2.47. The first-order valence-corrected chi connectivity index (χ1v) is 10.5. The molecule has 3 heterocycles. The number of benzene rings is 1. The van der Waals surface area contributed by atoms with Gasteiger partial charge in [0.2, 0.25) is 0 Å². The number of hydrogen-bond donors (Lipinski definition) is 1. The first-order chi connectivity index (χ1) is 12.5. The van der Waals surface area contributed by atoms with E-state index in [2.05, 4.69) is 32.6 Å². The molecule has 0 radical (unpaired) electrons. The van der Waals surface area contributed by atoms with Crippen molar-refractivity contribution in [2.45, 2.75) is 78.8 Å². The molecule has 1 aromatic carbocycles. The molecule has 2 aliphatic rings. The molecule has 0 spiro atoms. The number of aromatic hydroxyl groups is 1. The van der Waals surface area contributed by atoms with E-state index in [4.69, 9.17) is 4.42 Å². The van der Waals surface area contributed by atoms with Gasteiger partial charge in [-0.25, -0.2) is 0 Å². The van der Waals surface area contributed by atoms with Crippen molar-refractivity contribution in [1.82, 2.24) is 4.90 Å². The minimum Gasteiger partial charge on any atom is -0.508 e. The summed E-state index contributed by atoms with van der Waals surface area (Å²) in [5, 5.41) is 11.1. The van der Waals surface area contributed by atoms with Crippen molar-refractivity contribution < 1.29 is 9.52 Å². The van der Waals surface area contributed by atoms with E-state index in [-0.39, 0.29) is 0 Å². The van der Waals surface area contributed by atoms with Gasteiger partial charge in [-0.3, -0.25) is 4.90 Å². The Morgan fingerprint density at radius 1 is 1.27 bits per heavy atom. The van der Waals surface area contributed by atoms with Crippen molar-refractivity contribution in [3.8, 4) is 5.75 Å². The Labute approximate surface area is 158 Å². The van der Waals surface area contributed by atoms with Gasteiger partial charge in [0.25, 0.3) is 0 Å². The third-order valence-corrected chi connectivity index (χ3v) is 6.18. The predicted octanol–water partition coefficient (Wildman–Crippen LogP) is 5.95. The topological polar surface area (TPSA) is 36.6 Å². The molecule has 1 aromatic heterocycles. The van der Waals surface area contributed by atoms with Gasteiger partial charge in [-0.05, 0) is 49.3 Å². The number of furan rings is 1. The number of phenolic OH excluding ortho intramolecular Hbond substituents is 1. The van der Waals surface area contributed by atoms with E-state index in [1.807, 2.05) is 26.0 Å². The number of nitrogens with zero attached hydrogens (tertiary/aromatic N) is 1. The standard InChI is InChI=1S/C21H29NO2.C2H6/c1-5-14-9-17-16-10-15(23)6-7-19(16)24-21(17)18-8-13(4)11-22(14)20(18)12(2)3;1-2/h6-7,10,12-14,18,20,23H,5,8-9,11H2,1-4H3;1-2H3. The van der Waals surface area contributed by atoms with Gasteiger partial charge in [-0.15, -0.1) is 0 Å². The summed E-state index contributed by atoms with van der Waals surface area (Å²) in [7, 11) is 0. The second-order valence-electron chi connectivity index (χ2n) is 8.27. The van der Waals surface area contributed by atoms with E-state index in [1.54, 1.807) is 6.07 Å². The zero-order valence-electron chi connectivity index (χ0n) is 17.2. The molecule has 1 N–H and O–H groups in total. The Hall–Kier alpha value is -1.48. The molecule has 2 aromatic rings. The van der Waals surface area contributed by atoms with Crippen LogP contribution in [0.3, 0.4) is 0 Å². The quantitative estimate of drug-likeness (QED) is 0.721. The van der Waals surface area contributed by atoms with Gasteiger partial charge in [-0.1, -0.05) is 41.5 Å². The summed E-state index contributed by atoms with van der Waals surface area (Å²) >= 11 is 0. The first-order valence-electron chi connectivity index (χ1n) is 10.5. The summed E-state index contributed by atoms with van der Waals surface area (Å²) in [4.78, 5) is 2.77. The molecule has 0 amide bonds. The van der Waals surface area contributed by atoms with E-state index >= 15 is 0 Å². The van der Waals surface area contributed by atoms with Crippen molar-refractivity contribution in [3.05, 3.63) is 29.5 Å². The maximum absolute atomic E-state index is 9.96. The van der Waals surface area contributed by atoms with Crippen LogP contribution >= 0.6 is 0 Å². The smallest absolute Gasteiger partial charge is 0.134 e. The van der Waals surface area contributed by atoms with Crippen LogP contribution in [0.25, 0.3) is 11.0 Å². The van der Waals surface area contributed by atoms with Crippen LogP contribution in [0.15, 0.2) is 22.6 Å². The van der Waals surface area contributed by atoms with E-state index < -0.39 is 0 Å². The second kappa shape index (κ2) is 7.64. The van der Waals surface area contributed by atoms with Crippen LogP contribution in [0.1, 0.15) is 71.6 Å². The fourth-order valence-electron chi connectivity index (χ4n) is 5.26. The van der Waals surface area contributed by atoms with Gasteiger partial charge in [0, 0.05) is 35.5 Å². The molecule has 2 aliphatic heterocycles. The van der Waals surface area contributed by atoms with Gasteiger partial charge in [0.05, 0.1) is 0 Å². The lowest BCUT2D eigenvalue weighted by atomic mass is 9.77. The molecular weight excluding hydrogens is 322 g/mol. The predicted molar refractivity (Wildman–Crippen MR) is 109 cm³/mol. The van der Waals surface area contributed by atoms with Crippen LogP contribution in [0.4, 0.5) is 0 Å². The van der Waals surface area contributed by atoms with Gasteiger partial charge >= 0.3 is 0 Å². The summed E-state index contributed by atoms with van der Waals surface area (Å²) in [6.07, 6.45) is 3.40. The SMILES string of the molecule is CC.CCC1Cc2c(oc3ccc(O)cc23)C2CC(C)CN1C2C(C)C. The Bertz CT molecular complexity index is 748. The van der Waals surface area contributed by atoms with Crippen molar-refractivity contribution >= 4 is 11.0 Å². The molecule has 3 nitrogen and oxygen atoms in total. The largest absolute Gasteiger partial charge is 0.508 e. The lowest BCUT2D eigenvalue weighted by Crippen LogP contribution is -2.53. The van der Waals surface area contributed by atoms with Gasteiger partial charge in [0.1, 0.15) is 17.1 Å². The number of hydrogen-bond acceptors (Lipinski definition) is 3. The summed E-state index contributed by atoms with van der Waals surface area (Å²) < 4.78 is 6.40. The molecule has 144 valence electrons. The molecule has 1 fully saturated rings. The molecular formula is C23H35NO2. The van der Waals surface area contributed by atoms with Crippen LogP contribution in [0.2, 0.25) is 0 Å². The van der Waals surface area contributed by atoms with Crippen LogP contribution in [-0.4, -0.2) is 28.6 Å². The molecule has 5 unspecified atom stereocenters. The van der Waals surface area contributed by atoms with Gasteiger partial charge in [0.15, 0.2) is 0 Å². The highest BCUT2D eigenvalue weighted by molar-refractivity contribution is 5.84. The fraction of sp³-hybridized carbons (Fsp3) is 0.652. The van der Waals surface area contributed by atoms with Crippen molar-refractivity contribution in [2.24, 2.45) is 11.8 Å². The third-order valence-electron chi connectivity index (χ3n) is 6.18. The average molecular weight is 358 g/mol. The van der Waals surface area contributed by atoms with Crippen molar-refractivity contribution in [1.29, 1.82) is 0 Å². The minimum atomic E-state index is 0.334. The van der Waals surface area contributed by atoms with E-state index in [0.29, 0.717) is 35.6 Å². The van der Waals surface area contributed by atoms with Crippen LogP contribution in [0.5, 0.6) is 5.75 Å². The molecule has 2 bridgehead atoms. The zero-order chi connectivity index (χ0) is 19.0. The van der Waals surface area contributed by atoms with Crippen LogP contribution in [0, 0.1) is 11.8 Å². The highest BCUT2D eigenvalue weighted by Gasteiger charge is 2.45. The average Bonchev–Trinajstić information content (AvgIpc) is 2.93. The lowest BCUT2D eigenvalue weighted by Gasteiger charge is -2.47. The third kappa shape index (κ3) is 3.15. The molecule has 26 heavy (non-hydrogen) atoms. The Morgan fingerprint density at radius 3 is 2.65 bits per heavy atom. The van der Waals surface area contributed by atoms with Crippen LogP contribution in [-0.2, 0) is 6.42 Å². The normalized spacial score (nSPS) is 30.5. The maximum atomic E-state index is 9.96. The molecule has 5 atom stereocenters. The van der Waals surface area contributed by atoms with Crippen molar-refractivity contribution in [3.63, 3.8) is 0 Å². The molecule has 1 saturated heterocycles. The fourth-order valence-corrected chi connectivity index (χ4v) is 5.26. The number of piperidine rings is 1. The molecule has 4 rings (SSSR count). The summed E-state index contributed by atoms with van der Waals surface area (Å²) in [5.41, 5.74) is 2.28. The molecule has 0 aliphatic carbocycles. The highest BCUT2D eigenvalue weighted by atomic mass is 16.3. The molecule has 0 saturated carbocycles. The van der Waals surface area contributed by atoms with Gasteiger partial charge in [-0.2, -0.15) is 0 Å².